The van der Waals surface area contributed by atoms with Crippen LogP contribution in [0.1, 0.15) is 34.6 Å². The Balaban J connectivity index is 2.82. The van der Waals surface area contributed by atoms with Crippen LogP contribution in [0.5, 0.6) is 0 Å². The summed E-state index contributed by atoms with van der Waals surface area (Å²) in [5, 5.41) is 3.62. The zero-order chi connectivity index (χ0) is 11.7. The van der Waals surface area contributed by atoms with Crippen LogP contribution in [-0.2, 0) is 9.31 Å². The van der Waals surface area contributed by atoms with Crippen LogP contribution in [0.15, 0.2) is 16.8 Å². The van der Waals surface area contributed by atoms with Gasteiger partial charge in [-0.05, 0) is 34.6 Å². The van der Waals surface area contributed by atoms with Crippen LogP contribution in [0.2, 0.25) is 0 Å². The molecule has 0 unspecified atom stereocenters. The minimum Gasteiger partial charge on any atom is -0.398 e. The molecule has 0 bridgehead atoms. The van der Waals surface area contributed by atoms with Gasteiger partial charge < -0.3 is 9.31 Å². The van der Waals surface area contributed by atoms with Gasteiger partial charge in [0.1, 0.15) is 0 Å². The third-order valence-electron chi connectivity index (χ3n) is 3.03. The van der Waals surface area contributed by atoms with Crippen molar-refractivity contribution >= 4 is 13.8 Å². The van der Waals surface area contributed by atoms with E-state index in [0.29, 0.717) is 0 Å². The number of rotatable bonds is 3. The van der Waals surface area contributed by atoms with E-state index in [1.807, 2.05) is 40.7 Å². The summed E-state index contributed by atoms with van der Waals surface area (Å²) in [6.45, 7) is 13.3. The monoisotopic (exact) mass is 210 g/mol. The summed E-state index contributed by atoms with van der Waals surface area (Å²) in [7, 11) is -0.398. The molecule has 0 aromatic rings. The lowest BCUT2D eigenvalue weighted by molar-refractivity contribution is 0.00578. The highest BCUT2D eigenvalue weighted by atomic mass is 16.7. The highest BCUT2D eigenvalue weighted by Gasteiger charge is 2.52. The van der Waals surface area contributed by atoms with E-state index in [1.54, 1.807) is 0 Å². The smallest absolute Gasteiger partial charge is 0.398 e. The molecule has 84 valence electrons. The van der Waals surface area contributed by atoms with E-state index < -0.39 is 7.12 Å². The van der Waals surface area contributed by atoms with Gasteiger partial charge in [-0.15, -0.1) is 0 Å². The number of nitrogens with one attached hydrogen (secondary N) is 1. The zero-order valence-corrected chi connectivity index (χ0v) is 10.1. The maximum absolute atomic E-state index is 5.83. The van der Waals surface area contributed by atoms with Crippen LogP contribution >= 0.6 is 0 Å². The summed E-state index contributed by atoms with van der Waals surface area (Å²) in [6, 6.07) is 0. The molecule has 0 atom stereocenters. The van der Waals surface area contributed by atoms with E-state index in [-0.39, 0.29) is 11.2 Å². The Kier molecular flexibility index (Phi) is 3.26. The minimum atomic E-state index is -0.398. The second-order valence-electron chi connectivity index (χ2n) is 4.60. The quantitative estimate of drug-likeness (QED) is 0.438. The van der Waals surface area contributed by atoms with E-state index in [9.17, 15) is 0 Å². The molecule has 1 heterocycles. The molecule has 0 spiro atoms. The van der Waals surface area contributed by atoms with Crippen LogP contribution < -0.4 is 5.43 Å². The summed E-state index contributed by atoms with van der Waals surface area (Å²) in [5.41, 5.74) is 2.91. The van der Waals surface area contributed by atoms with Gasteiger partial charge in [-0.2, -0.15) is 5.10 Å². The largest absolute Gasteiger partial charge is 0.513 e. The van der Waals surface area contributed by atoms with Crippen LogP contribution in [0, 0.1) is 0 Å². The van der Waals surface area contributed by atoms with E-state index in [1.165, 1.54) is 0 Å². The third kappa shape index (κ3) is 2.24. The molecule has 1 rings (SSSR count). The molecule has 1 N–H and O–H groups in total. The van der Waals surface area contributed by atoms with Crippen molar-refractivity contribution in [2.45, 2.75) is 45.8 Å². The molecule has 15 heavy (non-hydrogen) atoms. The predicted octanol–water partition coefficient (Wildman–Crippen LogP) is 1.73. The lowest BCUT2D eigenvalue weighted by atomic mass is 9.84. The molecule has 0 saturated carbocycles. The Morgan fingerprint density at radius 2 is 1.73 bits per heavy atom. The second-order valence-corrected chi connectivity index (χ2v) is 4.60. The first kappa shape index (κ1) is 12.3. The van der Waals surface area contributed by atoms with Gasteiger partial charge in [-0.3, -0.25) is 5.43 Å². The Morgan fingerprint density at radius 3 is 2.07 bits per heavy atom. The highest BCUT2D eigenvalue weighted by molar-refractivity contribution is 6.54. The summed E-state index contributed by atoms with van der Waals surface area (Å²) >= 11 is 0. The molecular weight excluding hydrogens is 191 g/mol. The van der Waals surface area contributed by atoms with Crippen molar-refractivity contribution in [3.05, 3.63) is 11.7 Å². The Labute approximate surface area is 91.9 Å². The molecule has 0 aromatic carbocycles. The maximum Gasteiger partial charge on any atom is 0.513 e. The molecule has 0 amide bonds. The molecule has 0 aliphatic carbocycles. The van der Waals surface area contributed by atoms with Crippen molar-refractivity contribution in [1.29, 1.82) is 0 Å². The lowest BCUT2D eigenvalue weighted by Crippen LogP contribution is -2.41. The molecule has 0 radical (unpaired) electrons. The fourth-order valence-electron chi connectivity index (χ4n) is 1.31. The van der Waals surface area contributed by atoms with Crippen LogP contribution in [0.3, 0.4) is 0 Å². The van der Waals surface area contributed by atoms with Crippen molar-refractivity contribution in [2.24, 2.45) is 5.10 Å². The number of hydrogen-bond donors (Lipinski definition) is 1. The SMILES string of the molecule is C=NN/C(=C\C)B1OC(C)(C)C(C)(C)O1. The Hall–Kier alpha value is -0.805. The summed E-state index contributed by atoms with van der Waals surface area (Å²) in [4.78, 5) is 0. The topological polar surface area (TPSA) is 42.9 Å². The van der Waals surface area contributed by atoms with Crippen molar-refractivity contribution in [3.63, 3.8) is 0 Å². The van der Waals surface area contributed by atoms with E-state index in [4.69, 9.17) is 9.31 Å². The van der Waals surface area contributed by atoms with Crippen LogP contribution in [0.25, 0.3) is 0 Å². The second kappa shape index (κ2) is 3.98. The van der Waals surface area contributed by atoms with Crippen molar-refractivity contribution in [2.75, 3.05) is 0 Å². The fourth-order valence-corrected chi connectivity index (χ4v) is 1.31. The first-order valence-electron chi connectivity index (χ1n) is 5.07. The zero-order valence-electron chi connectivity index (χ0n) is 10.1. The molecular formula is C10H19BN2O2. The number of hydrogen-bond acceptors (Lipinski definition) is 4. The van der Waals surface area contributed by atoms with E-state index in [2.05, 4.69) is 17.2 Å². The summed E-state index contributed by atoms with van der Waals surface area (Å²) in [6.07, 6.45) is 1.87. The number of nitrogens with zero attached hydrogens (tertiary/aromatic N) is 1. The predicted molar refractivity (Wildman–Crippen MR) is 62.5 cm³/mol. The van der Waals surface area contributed by atoms with Gasteiger partial charge in [0, 0.05) is 6.72 Å². The third-order valence-corrected chi connectivity index (χ3v) is 3.03. The normalized spacial score (nSPS) is 24.1. The van der Waals surface area contributed by atoms with Crippen LogP contribution in [0.4, 0.5) is 0 Å². The van der Waals surface area contributed by atoms with Gasteiger partial charge in [-0.25, -0.2) is 0 Å². The Bertz CT molecular complexity index is 271. The van der Waals surface area contributed by atoms with Gasteiger partial charge >= 0.3 is 7.12 Å². The molecule has 4 nitrogen and oxygen atoms in total. The van der Waals surface area contributed by atoms with E-state index in [0.717, 1.165) is 5.60 Å². The first-order valence-corrected chi connectivity index (χ1v) is 5.07. The number of hydrazone groups is 1. The summed E-state index contributed by atoms with van der Waals surface area (Å²) in [5.74, 6) is 0. The average Bonchev–Trinajstić information content (AvgIpc) is 2.32. The fraction of sp³-hybridized carbons (Fsp3) is 0.700. The van der Waals surface area contributed by atoms with Crippen molar-refractivity contribution in [1.82, 2.24) is 5.43 Å². The first-order chi connectivity index (χ1) is 6.84. The maximum atomic E-state index is 5.83. The lowest BCUT2D eigenvalue weighted by Gasteiger charge is -2.32. The minimum absolute atomic E-state index is 0.325. The summed E-state index contributed by atoms with van der Waals surface area (Å²) < 4.78 is 11.7. The molecule has 1 saturated heterocycles. The molecule has 5 heteroatoms. The van der Waals surface area contributed by atoms with Gasteiger partial charge in [0.25, 0.3) is 0 Å². The van der Waals surface area contributed by atoms with Crippen molar-refractivity contribution in [3.8, 4) is 0 Å². The highest BCUT2D eigenvalue weighted by Crippen LogP contribution is 2.37. The average molecular weight is 210 g/mol. The molecule has 1 aliphatic rings. The Morgan fingerprint density at radius 1 is 1.27 bits per heavy atom. The van der Waals surface area contributed by atoms with E-state index >= 15 is 0 Å². The van der Waals surface area contributed by atoms with Crippen LogP contribution in [-0.4, -0.2) is 25.0 Å². The molecule has 1 fully saturated rings. The van der Waals surface area contributed by atoms with Gasteiger partial charge in [0.15, 0.2) is 0 Å². The standard InChI is InChI=1S/C10H19BN2O2/c1-7-8(13-12-6)11-14-9(2,3)10(4,5)15-11/h7,13H,6H2,1-5H3/b8-7-. The van der Waals surface area contributed by atoms with Gasteiger partial charge in [0.05, 0.1) is 16.8 Å². The van der Waals surface area contributed by atoms with Crippen molar-refractivity contribution < 1.29 is 9.31 Å². The number of allylic oxidation sites excluding steroid dienone is 1. The molecule has 1 aliphatic heterocycles. The molecule has 0 aromatic heterocycles. The van der Waals surface area contributed by atoms with Gasteiger partial charge in [0.2, 0.25) is 0 Å². The van der Waals surface area contributed by atoms with Gasteiger partial charge in [-0.1, -0.05) is 6.08 Å².